The highest BCUT2D eigenvalue weighted by molar-refractivity contribution is 6.30. The third-order valence-corrected chi connectivity index (χ3v) is 3.64. The van der Waals surface area contributed by atoms with Crippen LogP contribution >= 0.6 is 11.6 Å². The van der Waals surface area contributed by atoms with Crippen LogP contribution in [-0.4, -0.2) is 35.8 Å². The molecule has 0 bridgehead atoms. The second-order valence-corrected chi connectivity index (χ2v) is 5.32. The van der Waals surface area contributed by atoms with Crippen LogP contribution in [0.1, 0.15) is 6.42 Å². The normalized spacial score (nSPS) is 26.1. The van der Waals surface area contributed by atoms with E-state index in [1.807, 2.05) is 0 Å². The van der Waals surface area contributed by atoms with E-state index in [0.29, 0.717) is 16.9 Å². The van der Waals surface area contributed by atoms with E-state index in [1.165, 1.54) is 0 Å². The average molecular weight is 293 g/mol. The first-order valence-corrected chi connectivity index (χ1v) is 7.14. The molecule has 5 nitrogen and oxygen atoms in total. The lowest BCUT2D eigenvalue weighted by molar-refractivity contribution is 0.00355. The third kappa shape index (κ3) is 3.36. The maximum Gasteiger partial charge on any atom is 0.227 e. The Morgan fingerprint density at radius 1 is 1.35 bits per heavy atom. The van der Waals surface area contributed by atoms with Crippen LogP contribution in [0.25, 0.3) is 0 Å². The van der Waals surface area contributed by atoms with Crippen molar-refractivity contribution < 1.29 is 4.74 Å². The molecule has 1 aromatic rings. The monoisotopic (exact) mass is 292 g/mol. The van der Waals surface area contributed by atoms with E-state index in [0.717, 1.165) is 31.8 Å². The number of rotatable bonds is 3. The molecule has 2 N–H and O–H groups in total. The first kappa shape index (κ1) is 13.5. The average Bonchev–Trinajstić information content (AvgIpc) is 2.51. The summed E-state index contributed by atoms with van der Waals surface area (Å²) >= 11 is 5.76. The summed E-state index contributed by atoms with van der Waals surface area (Å²) in [6.45, 7) is 2.66. The van der Waals surface area contributed by atoms with Gasteiger partial charge in [-0.3, -0.25) is 0 Å². The Kier molecular flexibility index (Phi) is 4.30. The Morgan fingerprint density at radius 2 is 2.20 bits per heavy atom. The molecule has 0 saturated carbocycles. The first-order chi connectivity index (χ1) is 9.81. The van der Waals surface area contributed by atoms with Crippen LogP contribution in [0, 0.1) is 5.92 Å². The van der Waals surface area contributed by atoms with E-state index in [2.05, 4.69) is 38.8 Å². The predicted octanol–water partition coefficient (Wildman–Crippen LogP) is 1.99. The molecule has 2 heterocycles. The van der Waals surface area contributed by atoms with Crippen molar-refractivity contribution in [1.82, 2.24) is 15.3 Å². The SMILES string of the molecule is Clc1cnc(NC2=CCC([C@H]3CNCCO3)C=C2)nc1. The molecule has 1 aliphatic heterocycles. The second-order valence-electron chi connectivity index (χ2n) is 4.88. The molecule has 1 fully saturated rings. The number of morpholine rings is 1. The highest BCUT2D eigenvalue weighted by Crippen LogP contribution is 2.22. The smallest absolute Gasteiger partial charge is 0.227 e. The van der Waals surface area contributed by atoms with Crippen LogP contribution in [-0.2, 0) is 4.74 Å². The van der Waals surface area contributed by atoms with Gasteiger partial charge in [0.05, 0.1) is 30.1 Å². The van der Waals surface area contributed by atoms with Crippen molar-refractivity contribution in [3.8, 4) is 0 Å². The number of aromatic nitrogens is 2. The summed E-state index contributed by atoms with van der Waals surface area (Å²) in [6.07, 6.45) is 10.8. The number of anilines is 1. The zero-order chi connectivity index (χ0) is 13.8. The minimum atomic E-state index is 0.268. The molecule has 2 aliphatic rings. The molecule has 0 spiro atoms. The van der Waals surface area contributed by atoms with E-state index in [-0.39, 0.29) is 6.10 Å². The largest absolute Gasteiger partial charge is 0.375 e. The fourth-order valence-corrected chi connectivity index (χ4v) is 2.47. The molecule has 0 radical (unpaired) electrons. The van der Waals surface area contributed by atoms with Crippen LogP contribution in [0.3, 0.4) is 0 Å². The van der Waals surface area contributed by atoms with Gasteiger partial charge in [0.1, 0.15) is 0 Å². The summed E-state index contributed by atoms with van der Waals surface area (Å²) in [5.41, 5.74) is 1.01. The van der Waals surface area contributed by atoms with Gasteiger partial charge in [-0.1, -0.05) is 23.8 Å². The van der Waals surface area contributed by atoms with Gasteiger partial charge >= 0.3 is 0 Å². The number of nitrogens with one attached hydrogen (secondary N) is 2. The third-order valence-electron chi connectivity index (χ3n) is 3.44. The van der Waals surface area contributed by atoms with E-state index in [1.54, 1.807) is 12.4 Å². The number of halogens is 1. The zero-order valence-electron chi connectivity index (χ0n) is 11.1. The lowest BCUT2D eigenvalue weighted by Crippen LogP contribution is -2.42. The minimum Gasteiger partial charge on any atom is -0.375 e. The molecule has 3 rings (SSSR count). The lowest BCUT2D eigenvalue weighted by atomic mass is 9.93. The summed E-state index contributed by atoms with van der Waals surface area (Å²) in [5, 5.41) is 7.06. The Morgan fingerprint density at radius 3 is 2.85 bits per heavy atom. The van der Waals surface area contributed by atoms with Crippen LogP contribution in [0.2, 0.25) is 5.02 Å². The van der Waals surface area contributed by atoms with Gasteiger partial charge < -0.3 is 15.4 Å². The van der Waals surface area contributed by atoms with Gasteiger partial charge in [-0.15, -0.1) is 0 Å². The van der Waals surface area contributed by atoms with Crippen LogP contribution in [0.5, 0.6) is 0 Å². The Balaban J connectivity index is 1.57. The number of allylic oxidation sites excluding steroid dienone is 2. The zero-order valence-corrected chi connectivity index (χ0v) is 11.8. The summed E-state index contributed by atoms with van der Waals surface area (Å²) < 4.78 is 5.78. The fraction of sp³-hybridized carbons (Fsp3) is 0.429. The van der Waals surface area contributed by atoms with Gasteiger partial charge in [-0.2, -0.15) is 0 Å². The summed E-state index contributed by atoms with van der Waals surface area (Å²) in [5.74, 6) is 0.985. The molecule has 1 aromatic heterocycles. The molecule has 2 atom stereocenters. The summed E-state index contributed by atoms with van der Waals surface area (Å²) in [4.78, 5) is 8.24. The van der Waals surface area contributed by atoms with E-state index < -0.39 is 0 Å². The Hall–Kier alpha value is -1.43. The first-order valence-electron chi connectivity index (χ1n) is 6.76. The Bertz CT molecular complexity index is 508. The van der Waals surface area contributed by atoms with E-state index >= 15 is 0 Å². The molecule has 1 unspecified atom stereocenters. The standard InChI is InChI=1S/C14H17ClN4O/c15-11-7-17-14(18-8-11)19-12-3-1-10(2-4-12)13-9-16-5-6-20-13/h1,3-4,7-8,10,13,16H,2,5-6,9H2,(H,17,18,19)/t10?,13-/m1/s1. The number of hydrogen-bond donors (Lipinski definition) is 2. The predicted molar refractivity (Wildman–Crippen MR) is 78.6 cm³/mol. The topological polar surface area (TPSA) is 59.1 Å². The van der Waals surface area contributed by atoms with Gasteiger partial charge in [0.25, 0.3) is 0 Å². The number of nitrogens with zero attached hydrogens (tertiary/aromatic N) is 2. The van der Waals surface area contributed by atoms with Crippen LogP contribution in [0.4, 0.5) is 5.95 Å². The summed E-state index contributed by atoms with van der Waals surface area (Å²) in [6, 6.07) is 0. The number of ether oxygens (including phenoxy) is 1. The molecule has 106 valence electrons. The van der Waals surface area contributed by atoms with Crippen molar-refractivity contribution in [1.29, 1.82) is 0 Å². The van der Waals surface area contributed by atoms with Crippen molar-refractivity contribution in [2.45, 2.75) is 12.5 Å². The quantitative estimate of drug-likeness (QED) is 0.892. The molecule has 20 heavy (non-hydrogen) atoms. The van der Waals surface area contributed by atoms with Gasteiger partial charge in [-0.25, -0.2) is 9.97 Å². The molecule has 1 aliphatic carbocycles. The lowest BCUT2D eigenvalue weighted by Gasteiger charge is -2.30. The second kappa shape index (κ2) is 6.35. The van der Waals surface area contributed by atoms with Gasteiger partial charge in [0.15, 0.2) is 0 Å². The molecule has 0 aromatic carbocycles. The van der Waals surface area contributed by atoms with Crippen molar-refractivity contribution >= 4 is 17.5 Å². The molecular formula is C14H17ClN4O. The maximum absolute atomic E-state index is 5.78. The highest BCUT2D eigenvalue weighted by Gasteiger charge is 2.23. The van der Waals surface area contributed by atoms with Crippen molar-refractivity contribution in [3.05, 3.63) is 41.3 Å². The fourth-order valence-electron chi connectivity index (χ4n) is 2.37. The van der Waals surface area contributed by atoms with Crippen LogP contribution < -0.4 is 10.6 Å². The summed E-state index contributed by atoms with van der Waals surface area (Å²) in [7, 11) is 0. The van der Waals surface area contributed by atoms with Crippen molar-refractivity contribution in [3.63, 3.8) is 0 Å². The molecular weight excluding hydrogens is 276 g/mol. The van der Waals surface area contributed by atoms with Crippen LogP contribution in [0.15, 0.2) is 36.3 Å². The van der Waals surface area contributed by atoms with Crippen molar-refractivity contribution in [2.75, 3.05) is 25.0 Å². The molecule has 6 heteroatoms. The Labute approximate surface area is 123 Å². The maximum atomic E-state index is 5.78. The highest BCUT2D eigenvalue weighted by atomic mass is 35.5. The molecule has 0 amide bonds. The molecule has 1 saturated heterocycles. The van der Waals surface area contributed by atoms with Crippen molar-refractivity contribution in [2.24, 2.45) is 5.92 Å². The van der Waals surface area contributed by atoms with E-state index in [4.69, 9.17) is 16.3 Å². The van der Waals surface area contributed by atoms with Gasteiger partial charge in [0, 0.05) is 24.7 Å². The van der Waals surface area contributed by atoms with Gasteiger partial charge in [-0.05, 0) is 12.5 Å². The van der Waals surface area contributed by atoms with Gasteiger partial charge in [0.2, 0.25) is 5.95 Å². The minimum absolute atomic E-state index is 0.268. The number of hydrogen-bond acceptors (Lipinski definition) is 5. The van der Waals surface area contributed by atoms with E-state index in [9.17, 15) is 0 Å².